The Bertz CT molecular complexity index is 1540. The maximum atomic E-state index is 14.2. The van der Waals surface area contributed by atoms with Crippen LogP contribution in [0.1, 0.15) is 43.7 Å². The van der Waals surface area contributed by atoms with E-state index in [0.29, 0.717) is 22.8 Å². The highest BCUT2D eigenvalue weighted by Gasteiger charge is 2.36. The second-order valence-corrected chi connectivity index (χ2v) is 11.2. The average Bonchev–Trinajstić information content (AvgIpc) is 3.49. The number of fused-ring (bicyclic) bond motifs is 5. The van der Waals surface area contributed by atoms with Gasteiger partial charge >= 0.3 is 12.0 Å². The molecule has 1 atom stereocenters. The van der Waals surface area contributed by atoms with Crippen LogP contribution in [0.5, 0.6) is 0 Å². The number of esters is 1. The lowest BCUT2D eigenvalue weighted by atomic mass is 10.0. The summed E-state index contributed by atoms with van der Waals surface area (Å²) >= 11 is 8.24. The zero-order valence-electron chi connectivity index (χ0n) is 21.1. The molecular formula is C29H27ClN4O3S. The van der Waals surface area contributed by atoms with Gasteiger partial charge in [-0.1, -0.05) is 35.9 Å². The highest BCUT2D eigenvalue weighted by atomic mass is 35.5. The standard InChI is InChI=1S/C29H27ClN4O3S/c1-32-14-12-20-22-16-34(29(36)31-23-10-4-3-9-21(23)28(35)37-2)26(18-7-5-8-19(30)15-18)24-11-6-13-33(24)27(22)38-25(20)17-32/h3-11,13,15,26H,12,14,16-17H2,1-2H3,(H,31,36). The van der Waals surface area contributed by atoms with Gasteiger partial charge < -0.3 is 24.4 Å². The summed E-state index contributed by atoms with van der Waals surface area (Å²) in [7, 11) is 3.47. The van der Waals surface area contributed by atoms with Crippen molar-refractivity contribution in [1.82, 2.24) is 14.4 Å². The van der Waals surface area contributed by atoms with Gasteiger partial charge in [0, 0.05) is 34.7 Å². The van der Waals surface area contributed by atoms with Gasteiger partial charge in [-0.15, -0.1) is 11.3 Å². The third kappa shape index (κ3) is 4.28. The number of urea groups is 1. The number of carbonyl (C=O) groups is 2. The molecular weight excluding hydrogens is 520 g/mol. The van der Waals surface area contributed by atoms with Crippen LogP contribution >= 0.6 is 22.9 Å². The summed E-state index contributed by atoms with van der Waals surface area (Å²) in [6.45, 7) is 2.31. The Hall–Kier alpha value is -3.59. The Labute approximate surface area is 230 Å². The molecule has 2 amide bonds. The van der Waals surface area contributed by atoms with E-state index in [0.717, 1.165) is 35.8 Å². The van der Waals surface area contributed by atoms with Crippen LogP contribution in [0.15, 0.2) is 66.9 Å². The van der Waals surface area contributed by atoms with Crippen LogP contribution in [-0.4, -0.2) is 47.1 Å². The molecule has 0 radical (unpaired) electrons. The molecule has 0 aliphatic carbocycles. The SMILES string of the molecule is COC(=O)c1ccccc1NC(=O)N1Cc2c(sc3c2CCN(C)C3)-n2cccc2C1c1cccc(Cl)c1. The minimum atomic E-state index is -0.504. The molecule has 2 aromatic heterocycles. The smallest absolute Gasteiger partial charge is 0.339 e. The maximum Gasteiger partial charge on any atom is 0.339 e. The van der Waals surface area contributed by atoms with E-state index in [-0.39, 0.29) is 6.03 Å². The van der Waals surface area contributed by atoms with Crippen molar-refractivity contribution in [2.75, 3.05) is 26.0 Å². The van der Waals surface area contributed by atoms with E-state index < -0.39 is 12.0 Å². The minimum Gasteiger partial charge on any atom is -0.465 e. The quantitative estimate of drug-likeness (QED) is 0.315. The summed E-state index contributed by atoms with van der Waals surface area (Å²) in [4.78, 5) is 32.1. The third-order valence-electron chi connectivity index (χ3n) is 7.25. The van der Waals surface area contributed by atoms with Gasteiger partial charge in [0.2, 0.25) is 0 Å². The van der Waals surface area contributed by atoms with Crippen LogP contribution in [0.4, 0.5) is 10.5 Å². The number of nitrogens with zero attached hydrogens (tertiary/aromatic N) is 3. The molecule has 194 valence electrons. The van der Waals surface area contributed by atoms with Crippen LogP contribution in [-0.2, 0) is 24.2 Å². The molecule has 4 heterocycles. The summed E-state index contributed by atoms with van der Waals surface area (Å²) in [5.74, 6) is -0.504. The van der Waals surface area contributed by atoms with E-state index in [2.05, 4.69) is 34.1 Å². The minimum absolute atomic E-state index is 0.303. The molecule has 0 bridgehead atoms. The number of aromatic nitrogens is 1. The number of rotatable bonds is 3. The predicted molar refractivity (Wildman–Crippen MR) is 149 cm³/mol. The Morgan fingerprint density at radius 3 is 2.71 bits per heavy atom. The number of carbonyl (C=O) groups excluding carboxylic acids is 2. The number of halogens is 1. The fraction of sp³-hybridized carbons (Fsp3) is 0.241. The molecule has 0 saturated heterocycles. The molecule has 0 saturated carbocycles. The molecule has 1 unspecified atom stereocenters. The van der Waals surface area contributed by atoms with Crippen LogP contribution in [0.3, 0.4) is 0 Å². The first-order valence-electron chi connectivity index (χ1n) is 12.4. The first-order chi connectivity index (χ1) is 18.4. The number of hydrogen-bond acceptors (Lipinski definition) is 5. The number of ether oxygens (including phenoxy) is 1. The zero-order chi connectivity index (χ0) is 26.4. The lowest BCUT2D eigenvalue weighted by Crippen LogP contribution is -2.38. The van der Waals surface area contributed by atoms with E-state index >= 15 is 0 Å². The van der Waals surface area contributed by atoms with Crippen molar-refractivity contribution in [3.63, 3.8) is 0 Å². The van der Waals surface area contributed by atoms with Crippen LogP contribution < -0.4 is 5.32 Å². The van der Waals surface area contributed by atoms with Crippen LogP contribution in [0.25, 0.3) is 5.00 Å². The Balaban J connectivity index is 1.49. The number of thiophene rings is 1. The molecule has 2 aliphatic rings. The number of anilines is 1. The molecule has 4 aromatic rings. The van der Waals surface area contributed by atoms with Gasteiger partial charge in [-0.25, -0.2) is 9.59 Å². The lowest BCUT2D eigenvalue weighted by molar-refractivity contribution is 0.0602. The van der Waals surface area contributed by atoms with Crippen molar-refractivity contribution < 1.29 is 14.3 Å². The summed E-state index contributed by atoms with van der Waals surface area (Å²) in [6, 6.07) is 17.9. The molecule has 7 nitrogen and oxygen atoms in total. The van der Waals surface area contributed by atoms with Gasteiger partial charge in [0.05, 0.1) is 36.6 Å². The fourth-order valence-electron chi connectivity index (χ4n) is 5.45. The van der Waals surface area contributed by atoms with Gasteiger partial charge in [0.15, 0.2) is 0 Å². The largest absolute Gasteiger partial charge is 0.465 e. The molecule has 0 fully saturated rings. The van der Waals surface area contributed by atoms with Gasteiger partial charge in [-0.3, -0.25) is 0 Å². The zero-order valence-corrected chi connectivity index (χ0v) is 22.7. The van der Waals surface area contributed by atoms with Crippen molar-refractivity contribution in [1.29, 1.82) is 0 Å². The third-order valence-corrected chi connectivity index (χ3v) is 8.75. The Morgan fingerprint density at radius 1 is 1.05 bits per heavy atom. The highest BCUT2D eigenvalue weighted by Crippen LogP contribution is 2.43. The number of amides is 2. The summed E-state index contributed by atoms with van der Waals surface area (Å²) in [6.07, 6.45) is 3.02. The molecule has 0 spiro atoms. The second kappa shape index (κ2) is 9.94. The second-order valence-electron chi connectivity index (χ2n) is 9.63. The van der Waals surface area contributed by atoms with Gasteiger partial charge in [-0.2, -0.15) is 0 Å². The predicted octanol–water partition coefficient (Wildman–Crippen LogP) is 6.10. The average molecular weight is 547 g/mol. The van der Waals surface area contributed by atoms with Crippen molar-refractivity contribution in [3.8, 4) is 5.00 Å². The first kappa shape index (κ1) is 24.7. The number of likely N-dealkylation sites (N-methyl/N-ethyl adjacent to an activating group) is 1. The van der Waals surface area contributed by atoms with Gasteiger partial charge in [-0.05, 0) is 61.0 Å². The number of para-hydroxylation sites is 1. The highest BCUT2D eigenvalue weighted by molar-refractivity contribution is 7.15. The molecule has 38 heavy (non-hydrogen) atoms. The van der Waals surface area contributed by atoms with Crippen molar-refractivity contribution >= 4 is 40.6 Å². The normalized spacial score (nSPS) is 16.7. The summed E-state index contributed by atoms with van der Waals surface area (Å²) in [5, 5.41) is 4.77. The Kier molecular flexibility index (Phi) is 6.47. The first-order valence-corrected chi connectivity index (χ1v) is 13.6. The van der Waals surface area contributed by atoms with Crippen LogP contribution in [0, 0.1) is 0 Å². The van der Waals surface area contributed by atoms with E-state index in [1.165, 1.54) is 23.1 Å². The van der Waals surface area contributed by atoms with Crippen molar-refractivity contribution in [2.45, 2.75) is 25.6 Å². The fourth-order valence-corrected chi connectivity index (χ4v) is 7.09. The van der Waals surface area contributed by atoms with Gasteiger partial charge in [0.1, 0.15) is 5.00 Å². The summed E-state index contributed by atoms with van der Waals surface area (Å²) < 4.78 is 7.17. The van der Waals surface area contributed by atoms with E-state index in [9.17, 15) is 9.59 Å². The molecule has 2 aromatic carbocycles. The topological polar surface area (TPSA) is 66.8 Å². The Morgan fingerprint density at radius 2 is 1.89 bits per heavy atom. The maximum absolute atomic E-state index is 14.2. The number of benzene rings is 2. The number of hydrogen-bond donors (Lipinski definition) is 1. The number of methoxy groups -OCH3 is 1. The lowest BCUT2D eigenvalue weighted by Gasteiger charge is -2.32. The van der Waals surface area contributed by atoms with Crippen molar-refractivity contribution in [3.05, 3.63) is 105 Å². The summed E-state index contributed by atoms with van der Waals surface area (Å²) in [5.41, 5.74) is 5.12. The van der Waals surface area contributed by atoms with Crippen LogP contribution in [0.2, 0.25) is 5.02 Å². The van der Waals surface area contributed by atoms with E-state index in [1.807, 2.05) is 35.2 Å². The molecule has 9 heteroatoms. The van der Waals surface area contributed by atoms with Crippen molar-refractivity contribution in [2.24, 2.45) is 0 Å². The van der Waals surface area contributed by atoms with E-state index in [1.54, 1.807) is 35.6 Å². The molecule has 6 rings (SSSR count). The molecule has 1 N–H and O–H groups in total. The van der Waals surface area contributed by atoms with Gasteiger partial charge in [0.25, 0.3) is 0 Å². The molecule has 2 aliphatic heterocycles. The number of nitrogens with one attached hydrogen (secondary N) is 1. The van der Waals surface area contributed by atoms with E-state index in [4.69, 9.17) is 16.3 Å². The monoisotopic (exact) mass is 546 g/mol.